The predicted octanol–water partition coefficient (Wildman–Crippen LogP) is 2.04. The summed E-state index contributed by atoms with van der Waals surface area (Å²) in [5.74, 6) is -0.208. The van der Waals surface area contributed by atoms with Crippen molar-refractivity contribution >= 4 is 11.6 Å². The molecule has 1 rings (SSSR count). The van der Waals surface area contributed by atoms with E-state index in [-0.39, 0.29) is 18.2 Å². The first-order chi connectivity index (χ1) is 10.0. The van der Waals surface area contributed by atoms with E-state index in [4.69, 9.17) is 5.11 Å². The Hall–Kier alpha value is -1.89. The van der Waals surface area contributed by atoms with Crippen molar-refractivity contribution in [3.8, 4) is 0 Å². The van der Waals surface area contributed by atoms with Crippen molar-refractivity contribution in [1.29, 1.82) is 0 Å². The normalized spacial score (nSPS) is 10.6. The highest BCUT2D eigenvalue weighted by molar-refractivity contribution is 5.93. The molecule has 0 radical (unpaired) electrons. The summed E-state index contributed by atoms with van der Waals surface area (Å²) in [7, 11) is 1.69. The first-order valence-electron chi connectivity index (χ1n) is 7.22. The molecule has 21 heavy (non-hydrogen) atoms. The van der Waals surface area contributed by atoms with Crippen LogP contribution in [0.4, 0.5) is 5.69 Å². The molecule has 1 heterocycles. The van der Waals surface area contributed by atoms with Crippen molar-refractivity contribution in [3.63, 3.8) is 0 Å². The molecule has 1 N–H and O–H groups in total. The van der Waals surface area contributed by atoms with E-state index in [0.717, 1.165) is 25.7 Å². The van der Waals surface area contributed by atoms with Gasteiger partial charge in [-0.3, -0.25) is 14.9 Å². The maximum atomic E-state index is 12.4. The maximum Gasteiger partial charge on any atom is 0.287 e. The van der Waals surface area contributed by atoms with E-state index in [1.165, 1.54) is 12.3 Å². The number of hydrogen-bond acceptors (Lipinski definition) is 4. The average molecular weight is 297 g/mol. The number of rotatable bonds is 9. The number of aryl methyl sites for hydroxylation is 1. The van der Waals surface area contributed by atoms with Crippen LogP contribution in [0.25, 0.3) is 0 Å². The Morgan fingerprint density at radius 2 is 2.14 bits per heavy atom. The Kier molecular flexibility index (Phi) is 6.87. The zero-order valence-corrected chi connectivity index (χ0v) is 12.6. The molecule has 1 amide bonds. The first kappa shape index (κ1) is 17.2. The van der Waals surface area contributed by atoms with Gasteiger partial charge in [0.15, 0.2) is 0 Å². The number of nitro groups is 1. The van der Waals surface area contributed by atoms with Gasteiger partial charge in [-0.2, -0.15) is 0 Å². The van der Waals surface area contributed by atoms with E-state index in [2.05, 4.69) is 0 Å². The van der Waals surface area contributed by atoms with Gasteiger partial charge in [0, 0.05) is 32.8 Å². The molecule has 0 aliphatic heterocycles. The summed E-state index contributed by atoms with van der Waals surface area (Å²) >= 11 is 0. The van der Waals surface area contributed by atoms with Gasteiger partial charge < -0.3 is 14.6 Å². The molecule has 1 aromatic heterocycles. The third-order valence-corrected chi connectivity index (χ3v) is 3.27. The highest BCUT2D eigenvalue weighted by Crippen LogP contribution is 2.18. The minimum Gasteiger partial charge on any atom is -0.396 e. The molecule has 0 saturated carbocycles. The molecule has 0 spiro atoms. The highest BCUT2D eigenvalue weighted by atomic mass is 16.6. The number of nitrogens with zero attached hydrogens (tertiary/aromatic N) is 3. The smallest absolute Gasteiger partial charge is 0.287 e. The summed E-state index contributed by atoms with van der Waals surface area (Å²) in [5, 5.41) is 19.6. The van der Waals surface area contributed by atoms with Crippen LogP contribution in [0.2, 0.25) is 0 Å². The van der Waals surface area contributed by atoms with Crippen LogP contribution in [0.15, 0.2) is 12.3 Å². The van der Waals surface area contributed by atoms with Gasteiger partial charge >= 0.3 is 0 Å². The minimum atomic E-state index is -0.482. The van der Waals surface area contributed by atoms with Gasteiger partial charge in [0.05, 0.1) is 11.1 Å². The lowest BCUT2D eigenvalue weighted by molar-refractivity contribution is -0.384. The lowest BCUT2D eigenvalue weighted by Gasteiger charge is -2.18. The number of carbonyl (C=O) groups excluding carboxylic acids is 1. The van der Waals surface area contributed by atoms with Crippen LogP contribution < -0.4 is 0 Å². The monoisotopic (exact) mass is 297 g/mol. The predicted molar refractivity (Wildman–Crippen MR) is 79.3 cm³/mol. The Labute approximate surface area is 124 Å². The van der Waals surface area contributed by atoms with E-state index in [0.29, 0.717) is 18.8 Å². The lowest BCUT2D eigenvalue weighted by atomic mass is 10.2. The summed E-state index contributed by atoms with van der Waals surface area (Å²) in [4.78, 5) is 24.3. The summed E-state index contributed by atoms with van der Waals surface area (Å²) in [6.45, 7) is 3.26. The zero-order valence-electron chi connectivity index (χ0n) is 12.6. The largest absolute Gasteiger partial charge is 0.396 e. The van der Waals surface area contributed by atoms with Gasteiger partial charge in [-0.05, 0) is 25.7 Å². The third-order valence-electron chi connectivity index (χ3n) is 3.27. The molecule has 7 nitrogen and oxygen atoms in total. The van der Waals surface area contributed by atoms with E-state index >= 15 is 0 Å². The molecular weight excluding hydrogens is 274 g/mol. The van der Waals surface area contributed by atoms with Gasteiger partial charge in [-0.1, -0.05) is 6.92 Å². The number of amides is 1. The van der Waals surface area contributed by atoms with E-state index in [1.54, 1.807) is 16.5 Å². The molecule has 0 aliphatic carbocycles. The summed E-state index contributed by atoms with van der Waals surface area (Å²) in [6, 6.07) is 1.34. The van der Waals surface area contributed by atoms with Crippen molar-refractivity contribution in [2.75, 3.05) is 20.2 Å². The fourth-order valence-electron chi connectivity index (χ4n) is 2.13. The van der Waals surface area contributed by atoms with Crippen LogP contribution in [-0.4, -0.2) is 45.6 Å². The second-order valence-electron chi connectivity index (χ2n) is 5.05. The van der Waals surface area contributed by atoms with E-state index < -0.39 is 4.92 Å². The standard InChI is InChI=1S/C14H23N3O4/c1-3-7-16-11-12(17(20)21)10-13(16)14(19)15(2)8-5-4-6-9-18/h10-11,18H,3-9H2,1-2H3. The van der Waals surface area contributed by atoms with Crippen molar-refractivity contribution < 1.29 is 14.8 Å². The molecule has 0 atom stereocenters. The molecule has 0 bridgehead atoms. The highest BCUT2D eigenvalue weighted by Gasteiger charge is 2.21. The van der Waals surface area contributed by atoms with Crippen LogP contribution in [0.5, 0.6) is 0 Å². The molecule has 1 aromatic rings. The number of unbranched alkanes of at least 4 members (excludes halogenated alkanes) is 2. The zero-order chi connectivity index (χ0) is 15.8. The van der Waals surface area contributed by atoms with Crippen LogP contribution in [0.1, 0.15) is 43.1 Å². The molecule has 0 unspecified atom stereocenters. The Bertz CT molecular complexity index is 485. The first-order valence-corrected chi connectivity index (χ1v) is 7.22. The molecule has 0 aromatic carbocycles. The summed E-state index contributed by atoms with van der Waals surface area (Å²) in [5.41, 5.74) is 0.300. The molecular formula is C14H23N3O4. The lowest BCUT2D eigenvalue weighted by Crippen LogP contribution is -2.29. The van der Waals surface area contributed by atoms with Crippen LogP contribution >= 0.6 is 0 Å². The van der Waals surface area contributed by atoms with Crippen molar-refractivity contribution in [2.45, 2.75) is 39.2 Å². The van der Waals surface area contributed by atoms with Crippen molar-refractivity contribution in [1.82, 2.24) is 9.47 Å². The van der Waals surface area contributed by atoms with Gasteiger partial charge in [0.2, 0.25) is 0 Å². The van der Waals surface area contributed by atoms with Crippen LogP contribution in [0, 0.1) is 10.1 Å². The van der Waals surface area contributed by atoms with Crippen molar-refractivity contribution in [3.05, 3.63) is 28.1 Å². The molecule has 7 heteroatoms. The number of aromatic nitrogens is 1. The fraction of sp³-hybridized carbons (Fsp3) is 0.643. The SMILES string of the molecule is CCCn1cc([N+](=O)[O-])cc1C(=O)N(C)CCCCCO. The number of carbonyl (C=O) groups is 1. The van der Waals surface area contributed by atoms with Crippen LogP contribution in [0.3, 0.4) is 0 Å². The number of aliphatic hydroxyl groups is 1. The number of hydrogen-bond donors (Lipinski definition) is 1. The van der Waals surface area contributed by atoms with E-state index in [1.807, 2.05) is 6.92 Å². The topological polar surface area (TPSA) is 88.6 Å². The fourth-order valence-corrected chi connectivity index (χ4v) is 2.13. The third kappa shape index (κ3) is 4.86. The second-order valence-corrected chi connectivity index (χ2v) is 5.05. The quantitative estimate of drug-likeness (QED) is 0.429. The van der Waals surface area contributed by atoms with E-state index in [9.17, 15) is 14.9 Å². The van der Waals surface area contributed by atoms with Gasteiger partial charge in [0.25, 0.3) is 11.6 Å². The average Bonchev–Trinajstić information content (AvgIpc) is 2.87. The second kappa shape index (κ2) is 8.41. The molecule has 0 aliphatic rings. The van der Waals surface area contributed by atoms with Gasteiger partial charge in [0.1, 0.15) is 5.69 Å². The Morgan fingerprint density at radius 1 is 1.43 bits per heavy atom. The molecule has 0 saturated heterocycles. The van der Waals surface area contributed by atoms with Crippen molar-refractivity contribution in [2.24, 2.45) is 0 Å². The van der Waals surface area contributed by atoms with Crippen LogP contribution in [-0.2, 0) is 6.54 Å². The Balaban J connectivity index is 2.77. The Morgan fingerprint density at radius 3 is 2.71 bits per heavy atom. The van der Waals surface area contributed by atoms with Gasteiger partial charge in [-0.15, -0.1) is 0 Å². The van der Waals surface area contributed by atoms with Gasteiger partial charge in [-0.25, -0.2) is 0 Å². The molecule has 118 valence electrons. The maximum absolute atomic E-state index is 12.4. The summed E-state index contributed by atoms with van der Waals surface area (Å²) < 4.78 is 1.64. The number of aliphatic hydroxyl groups excluding tert-OH is 1. The molecule has 0 fully saturated rings. The minimum absolute atomic E-state index is 0.0551. The summed E-state index contributed by atoms with van der Waals surface area (Å²) in [6.07, 6.45) is 4.59.